The summed E-state index contributed by atoms with van der Waals surface area (Å²) in [7, 11) is 0. The quantitative estimate of drug-likeness (QED) is 0.121. The van der Waals surface area contributed by atoms with Gasteiger partial charge in [-0.1, -0.05) is 55.8 Å². The Morgan fingerprint density at radius 2 is 1.76 bits per heavy atom. The maximum atomic E-state index is 14.3. The largest absolute Gasteiger partial charge is 0.480 e. The zero-order valence-corrected chi connectivity index (χ0v) is 23.9. The number of aryl methyl sites for hydroxylation is 1. The van der Waals surface area contributed by atoms with Gasteiger partial charge in [-0.05, 0) is 82.5 Å². The number of halogens is 2. The summed E-state index contributed by atoms with van der Waals surface area (Å²) >= 11 is 0. The molecule has 0 saturated heterocycles. The third kappa shape index (κ3) is 7.64. The van der Waals surface area contributed by atoms with Gasteiger partial charge in [0, 0.05) is 28.6 Å². The van der Waals surface area contributed by atoms with E-state index in [-0.39, 0.29) is 5.56 Å². The van der Waals surface area contributed by atoms with Gasteiger partial charge < -0.3 is 10.1 Å². The number of nitrogens with zero attached hydrogens (tertiary/aromatic N) is 3. The van der Waals surface area contributed by atoms with Gasteiger partial charge in [-0.3, -0.25) is 14.7 Å². The first-order chi connectivity index (χ1) is 19.7. The fraction of sp³-hybridized carbons (Fsp3) is 0.364. The van der Waals surface area contributed by atoms with Crippen molar-refractivity contribution in [2.45, 2.75) is 64.8 Å². The van der Waals surface area contributed by atoms with Gasteiger partial charge >= 0.3 is 5.97 Å². The second-order valence-electron chi connectivity index (χ2n) is 10.4. The predicted molar refractivity (Wildman–Crippen MR) is 160 cm³/mol. The second kappa shape index (κ2) is 13.6. The maximum Gasteiger partial charge on any atom is 0.320 e. The van der Waals surface area contributed by atoms with Gasteiger partial charge in [-0.25, -0.2) is 4.98 Å². The molecule has 0 radical (unpaired) electrons. The summed E-state index contributed by atoms with van der Waals surface area (Å²) in [6.07, 6.45) is 8.96. The van der Waals surface area contributed by atoms with Gasteiger partial charge in [0.05, 0.1) is 11.0 Å². The minimum Gasteiger partial charge on any atom is -0.480 e. The van der Waals surface area contributed by atoms with E-state index < -0.39 is 17.9 Å². The average molecular weight is 561 g/mol. The van der Waals surface area contributed by atoms with Crippen LogP contribution in [0.3, 0.4) is 0 Å². The van der Waals surface area contributed by atoms with Gasteiger partial charge in [0.25, 0.3) is 5.92 Å². The molecule has 216 valence electrons. The molecule has 2 aromatic heterocycles. The van der Waals surface area contributed by atoms with Crippen LogP contribution in [-0.4, -0.2) is 50.1 Å². The summed E-state index contributed by atoms with van der Waals surface area (Å²) < 4.78 is 28.6. The molecule has 0 aliphatic rings. The number of unbranched alkanes of at least 4 members (excludes halogenated alkanes) is 2. The van der Waals surface area contributed by atoms with Crippen molar-refractivity contribution in [3.05, 3.63) is 84.2 Å². The van der Waals surface area contributed by atoms with E-state index in [1.807, 2.05) is 35.4 Å². The minimum absolute atomic E-state index is 0.0754. The number of H-pyrrole nitrogens is 1. The van der Waals surface area contributed by atoms with Crippen molar-refractivity contribution in [1.29, 1.82) is 0 Å². The highest BCUT2D eigenvalue weighted by Gasteiger charge is 2.28. The number of carbonyl (C=O) groups is 1. The Bertz CT molecular complexity index is 1460. The lowest BCUT2D eigenvalue weighted by molar-refractivity contribution is -0.142. The number of fused-ring (bicyclic) bond motifs is 1. The molecule has 41 heavy (non-hydrogen) atoms. The number of imidazole rings is 1. The zero-order chi connectivity index (χ0) is 29.4. The van der Waals surface area contributed by atoms with Crippen LogP contribution in [0.4, 0.5) is 8.78 Å². The highest BCUT2D eigenvalue weighted by molar-refractivity contribution is 5.80. The minimum atomic E-state index is -3.03. The van der Waals surface area contributed by atoms with Crippen molar-refractivity contribution >= 4 is 17.0 Å². The van der Waals surface area contributed by atoms with Gasteiger partial charge in [-0.2, -0.15) is 8.78 Å². The second-order valence-corrected chi connectivity index (χ2v) is 10.4. The van der Waals surface area contributed by atoms with Gasteiger partial charge in [0.1, 0.15) is 11.9 Å². The van der Waals surface area contributed by atoms with Crippen LogP contribution in [0.2, 0.25) is 0 Å². The molecule has 0 bridgehead atoms. The molecule has 2 N–H and O–H groups in total. The Morgan fingerprint density at radius 3 is 2.41 bits per heavy atom. The molecule has 4 aromatic rings. The van der Waals surface area contributed by atoms with Crippen LogP contribution in [0, 0.1) is 0 Å². The van der Waals surface area contributed by atoms with E-state index in [9.17, 15) is 18.7 Å². The first kappa shape index (κ1) is 30.1. The number of carboxylic acids is 1. The van der Waals surface area contributed by atoms with Crippen LogP contribution in [0.15, 0.2) is 72.9 Å². The van der Waals surface area contributed by atoms with E-state index in [4.69, 9.17) is 0 Å². The number of carboxylic acid groups (broad SMARTS) is 1. The monoisotopic (exact) mass is 560 g/mol. The van der Waals surface area contributed by atoms with E-state index >= 15 is 0 Å². The molecule has 0 saturated carbocycles. The van der Waals surface area contributed by atoms with Crippen molar-refractivity contribution in [3.8, 4) is 22.5 Å². The summed E-state index contributed by atoms with van der Waals surface area (Å²) in [6, 6.07) is 16.1. The third-order valence-electron chi connectivity index (χ3n) is 7.35. The molecule has 1 atom stereocenters. The number of aliphatic carboxylic acids is 1. The Kier molecular flexibility index (Phi) is 10.00. The normalized spacial score (nSPS) is 12.9. The Balaban J connectivity index is 1.33. The number of aromatic amines is 1. The lowest BCUT2D eigenvalue weighted by Gasteiger charge is -2.25. The van der Waals surface area contributed by atoms with Crippen LogP contribution in [0.1, 0.15) is 57.7 Å². The van der Waals surface area contributed by atoms with Gasteiger partial charge in [0.15, 0.2) is 0 Å². The lowest BCUT2D eigenvalue weighted by atomic mass is 10.0. The van der Waals surface area contributed by atoms with E-state index in [0.29, 0.717) is 16.9 Å². The number of aromatic nitrogens is 3. The molecule has 6 nitrogen and oxygen atoms in total. The van der Waals surface area contributed by atoms with Crippen molar-refractivity contribution in [1.82, 2.24) is 19.9 Å². The topological polar surface area (TPSA) is 82.1 Å². The van der Waals surface area contributed by atoms with E-state index in [1.54, 1.807) is 19.9 Å². The van der Waals surface area contributed by atoms with Gasteiger partial charge in [-0.15, -0.1) is 0 Å². The summed E-state index contributed by atoms with van der Waals surface area (Å²) in [6.45, 7) is 7.00. The fourth-order valence-corrected chi connectivity index (χ4v) is 4.96. The smallest absolute Gasteiger partial charge is 0.320 e. The molecule has 0 aliphatic heterocycles. The van der Waals surface area contributed by atoms with Crippen molar-refractivity contribution in [3.63, 3.8) is 0 Å². The number of alkyl halides is 2. The van der Waals surface area contributed by atoms with E-state index in [2.05, 4.69) is 34.0 Å². The number of nitrogens with one attached hydrogen (secondary N) is 1. The predicted octanol–water partition coefficient (Wildman–Crippen LogP) is 7.86. The Labute approximate surface area is 240 Å². The summed E-state index contributed by atoms with van der Waals surface area (Å²) in [5.74, 6) is -3.17. The Morgan fingerprint density at radius 1 is 1.02 bits per heavy atom. The first-order valence-corrected chi connectivity index (χ1v) is 14.3. The standard InChI is InChI=1S/C33H38F2N4O2/c1-4-18-33(34,35)27-15-17-29-30(21-27)38-31(37-29)25-12-10-24(11-13-25)26-14-16-28(36-22-26)9-7-6-8-20-39(19-5-2)23(3)32(40)41/h4,10-18,21-23H,5-9,19-20H2,1-3H3,(H,37,38)(H,40,41). The van der Waals surface area contributed by atoms with E-state index in [1.165, 1.54) is 18.2 Å². The molecule has 2 heterocycles. The van der Waals surface area contributed by atoms with Crippen molar-refractivity contribution in [2.75, 3.05) is 13.1 Å². The summed E-state index contributed by atoms with van der Waals surface area (Å²) in [5.41, 5.74) is 5.08. The molecule has 0 spiro atoms. The van der Waals surface area contributed by atoms with E-state index in [0.717, 1.165) is 73.7 Å². The number of rotatable bonds is 14. The number of pyridine rings is 1. The highest BCUT2D eigenvalue weighted by atomic mass is 19.3. The molecule has 4 rings (SSSR count). The number of hydrogen-bond donors (Lipinski definition) is 2. The molecular weight excluding hydrogens is 522 g/mol. The summed E-state index contributed by atoms with van der Waals surface area (Å²) in [5, 5.41) is 9.30. The zero-order valence-electron chi connectivity index (χ0n) is 23.9. The SMILES string of the molecule is CC=CC(F)(F)c1ccc2nc(-c3ccc(-c4ccc(CCCCCN(CCC)C(C)C(=O)O)nc4)cc3)[nH]c2c1. The van der Waals surface area contributed by atoms with Crippen molar-refractivity contribution < 1.29 is 18.7 Å². The highest BCUT2D eigenvalue weighted by Crippen LogP contribution is 2.32. The summed E-state index contributed by atoms with van der Waals surface area (Å²) in [4.78, 5) is 25.8. The Hall–Kier alpha value is -3.91. The van der Waals surface area contributed by atoms with Crippen LogP contribution in [-0.2, 0) is 17.1 Å². The third-order valence-corrected chi connectivity index (χ3v) is 7.35. The van der Waals surface area contributed by atoms with Crippen molar-refractivity contribution in [2.24, 2.45) is 0 Å². The molecule has 2 aromatic carbocycles. The van der Waals surface area contributed by atoms with Gasteiger partial charge in [0.2, 0.25) is 0 Å². The van der Waals surface area contributed by atoms with Crippen LogP contribution < -0.4 is 0 Å². The number of allylic oxidation sites excluding steroid dienone is 2. The fourth-order valence-electron chi connectivity index (χ4n) is 4.96. The van der Waals surface area contributed by atoms with Crippen LogP contribution in [0.25, 0.3) is 33.5 Å². The lowest BCUT2D eigenvalue weighted by Crippen LogP contribution is -2.40. The molecule has 0 fully saturated rings. The molecule has 1 unspecified atom stereocenters. The molecule has 8 heteroatoms. The molecule has 0 amide bonds. The maximum absolute atomic E-state index is 14.3. The number of benzene rings is 2. The number of hydrogen-bond acceptors (Lipinski definition) is 4. The molecule has 0 aliphatic carbocycles. The average Bonchev–Trinajstić information content (AvgIpc) is 3.40. The first-order valence-electron chi connectivity index (χ1n) is 14.3. The van der Waals surface area contributed by atoms with Crippen LogP contribution >= 0.6 is 0 Å². The van der Waals surface area contributed by atoms with Crippen LogP contribution in [0.5, 0.6) is 0 Å². The molecular formula is C33H38F2N4O2.